The summed E-state index contributed by atoms with van der Waals surface area (Å²) in [5.74, 6) is 0. The van der Waals surface area contributed by atoms with Crippen LogP contribution in [0.15, 0.2) is 12.2 Å². The Balaban J connectivity index is 3.15. The van der Waals surface area contributed by atoms with Crippen molar-refractivity contribution in [3.05, 3.63) is 12.2 Å². The molecule has 0 spiro atoms. The molecule has 1 heteroatoms. The fraction of sp³-hybridized carbons (Fsp3) is 0.750. The summed E-state index contributed by atoms with van der Waals surface area (Å²) in [5, 5.41) is 0. The van der Waals surface area contributed by atoms with Crippen LogP contribution in [0.25, 0.3) is 0 Å². The Kier molecular flexibility index (Phi) is 6.50. The van der Waals surface area contributed by atoms with Crippen LogP contribution in [-0.4, -0.2) is 4.83 Å². The van der Waals surface area contributed by atoms with Crippen LogP contribution in [-0.2, 0) is 0 Å². The number of hydrogen-bond donors (Lipinski definition) is 0. The molecule has 0 bridgehead atoms. The van der Waals surface area contributed by atoms with Gasteiger partial charge in [-0.1, -0.05) is 47.8 Å². The van der Waals surface area contributed by atoms with Crippen LogP contribution in [0, 0.1) is 0 Å². The predicted molar refractivity (Wildman–Crippen MR) is 47.1 cm³/mol. The van der Waals surface area contributed by atoms with Gasteiger partial charge in [0.1, 0.15) is 0 Å². The van der Waals surface area contributed by atoms with Crippen molar-refractivity contribution in [1.82, 2.24) is 0 Å². The summed E-state index contributed by atoms with van der Waals surface area (Å²) < 4.78 is 0. The molecular weight excluding hydrogens is 176 g/mol. The van der Waals surface area contributed by atoms with E-state index < -0.39 is 0 Å². The Morgan fingerprint density at radius 3 is 2.67 bits per heavy atom. The first-order valence-corrected chi connectivity index (χ1v) is 4.49. The van der Waals surface area contributed by atoms with Crippen molar-refractivity contribution in [2.24, 2.45) is 0 Å². The molecule has 0 radical (unpaired) electrons. The summed E-state index contributed by atoms with van der Waals surface area (Å²) in [6.45, 7) is 4.27. The third-order valence-corrected chi connectivity index (χ3v) is 2.00. The fourth-order valence-electron chi connectivity index (χ4n) is 0.704. The van der Waals surface area contributed by atoms with Gasteiger partial charge < -0.3 is 0 Å². The molecule has 54 valence electrons. The van der Waals surface area contributed by atoms with Gasteiger partial charge in [0, 0.05) is 4.83 Å². The molecule has 0 N–H and O–H groups in total. The molecule has 1 unspecified atom stereocenters. The first-order valence-electron chi connectivity index (χ1n) is 3.58. The molecule has 0 rings (SSSR count). The largest absolute Gasteiger partial charge is 0.0906 e. The third-order valence-electron chi connectivity index (χ3n) is 1.23. The minimum atomic E-state index is 0.599. The Labute approximate surface area is 66.5 Å². The van der Waals surface area contributed by atoms with E-state index in [1.165, 1.54) is 19.3 Å². The molecule has 0 saturated heterocycles. The van der Waals surface area contributed by atoms with E-state index in [0.29, 0.717) is 4.83 Å². The number of allylic oxidation sites excluding steroid dienone is 2. The van der Waals surface area contributed by atoms with Crippen molar-refractivity contribution in [1.29, 1.82) is 0 Å². The summed E-state index contributed by atoms with van der Waals surface area (Å²) in [6, 6.07) is 0. The molecule has 0 aliphatic rings. The normalized spacial score (nSPS) is 14.6. The van der Waals surface area contributed by atoms with E-state index >= 15 is 0 Å². The first kappa shape index (κ1) is 9.22. The van der Waals surface area contributed by atoms with Crippen LogP contribution in [0.2, 0.25) is 0 Å². The van der Waals surface area contributed by atoms with Crippen LogP contribution >= 0.6 is 15.9 Å². The van der Waals surface area contributed by atoms with E-state index in [1.54, 1.807) is 0 Å². The van der Waals surface area contributed by atoms with Crippen LogP contribution in [0.5, 0.6) is 0 Å². The molecule has 1 atom stereocenters. The molecule has 0 aromatic carbocycles. The average Bonchev–Trinajstić information content (AvgIpc) is 1.85. The Bertz CT molecular complexity index is 76.6. The van der Waals surface area contributed by atoms with Gasteiger partial charge in [0.2, 0.25) is 0 Å². The number of alkyl halides is 1. The van der Waals surface area contributed by atoms with Gasteiger partial charge in [-0.05, 0) is 13.3 Å². The quantitative estimate of drug-likeness (QED) is 0.471. The lowest BCUT2D eigenvalue weighted by atomic mass is 10.2. The Morgan fingerprint density at radius 1 is 1.56 bits per heavy atom. The molecule has 0 aromatic rings. The average molecular weight is 191 g/mol. The molecule has 9 heavy (non-hydrogen) atoms. The van der Waals surface area contributed by atoms with Crippen molar-refractivity contribution < 1.29 is 0 Å². The highest BCUT2D eigenvalue weighted by atomic mass is 79.9. The summed E-state index contributed by atoms with van der Waals surface area (Å²) in [5.41, 5.74) is 0. The lowest BCUT2D eigenvalue weighted by Gasteiger charge is -2.00. The van der Waals surface area contributed by atoms with Crippen molar-refractivity contribution in [3.63, 3.8) is 0 Å². The zero-order chi connectivity index (χ0) is 7.11. The number of hydrogen-bond acceptors (Lipinski definition) is 0. The van der Waals surface area contributed by atoms with Gasteiger partial charge >= 0.3 is 0 Å². The highest BCUT2D eigenvalue weighted by Gasteiger charge is 1.94. The maximum Gasteiger partial charge on any atom is 0.0325 e. The molecule has 0 amide bonds. The smallest absolute Gasteiger partial charge is 0.0325 e. The van der Waals surface area contributed by atoms with Gasteiger partial charge in [0.15, 0.2) is 0 Å². The maximum absolute atomic E-state index is 3.55. The van der Waals surface area contributed by atoms with Crippen LogP contribution < -0.4 is 0 Å². The van der Waals surface area contributed by atoms with Crippen LogP contribution in [0.4, 0.5) is 0 Å². The van der Waals surface area contributed by atoms with E-state index in [4.69, 9.17) is 0 Å². The summed E-state index contributed by atoms with van der Waals surface area (Å²) in [4.78, 5) is 0.599. The van der Waals surface area contributed by atoms with Crippen molar-refractivity contribution in [2.75, 3.05) is 0 Å². The van der Waals surface area contributed by atoms with Gasteiger partial charge in [-0.2, -0.15) is 0 Å². The van der Waals surface area contributed by atoms with Crippen molar-refractivity contribution in [3.8, 4) is 0 Å². The summed E-state index contributed by atoms with van der Waals surface area (Å²) in [7, 11) is 0. The molecule has 0 aliphatic heterocycles. The van der Waals surface area contributed by atoms with Gasteiger partial charge in [0.05, 0.1) is 0 Å². The first-order chi connectivity index (χ1) is 4.31. The summed E-state index contributed by atoms with van der Waals surface area (Å²) >= 11 is 3.55. The molecule has 0 nitrogen and oxygen atoms in total. The zero-order valence-corrected chi connectivity index (χ0v) is 7.82. The van der Waals surface area contributed by atoms with Gasteiger partial charge in [-0.25, -0.2) is 0 Å². The number of rotatable bonds is 4. The van der Waals surface area contributed by atoms with Crippen molar-refractivity contribution in [2.45, 2.75) is 37.9 Å². The number of halogens is 1. The second-order valence-electron chi connectivity index (χ2n) is 2.18. The molecule has 0 aliphatic carbocycles. The standard InChI is InChI=1S/C8H15Br/c1-3-5-7-8(9)6-4-2/h4,6,8H,3,5,7H2,1-2H3/b6-4+. The van der Waals surface area contributed by atoms with Crippen molar-refractivity contribution >= 4 is 15.9 Å². The second kappa shape index (κ2) is 6.34. The van der Waals surface area contributed by atoms with E-state index in [-0.39, 0.29) is 0 Å². The monoisotopic (exact) mass is 190 g/mol. The Hall–Kier alpha value is 0.220. The maximum atomic E-state index is 3.55. The minimum Gasteiger partial charge on any atom is -0.0906 e. The zero-order valence-electron chi connectivity index (χ0n) is 6.23. The predicted octanol–water partition coefficient (Wildman–Crippen LogP) is 3.52. The highest BCUT2D eigenvalue weighted by molar-refractivity contribution is 9.09. The van der Waals surface area contributed by atoms with Crippen LogP contribution in [0.3, 0.4) is 0 Å². The Morgan fingerprint density at radius 2 is 2.22 bits per heavy atom. The second-order valence-corrected chi connectivity index (χ2v) is 3.36. The molecular formula is C8H15Br. The SMILES string of the molecule is C/C=C/C(Br)CCCC. The van der Waals surface area contributed by atoms with E-state index in [9.17, 15) is 0 Å². The highest BCUT2D eigenvalue weighted by Crippen LogP contribution is 2.10. The van der Waals surface area contributed by atoms with Gasteiger partial charge in [-0.3, -0.25) is 0 Å². The fourth-order valence-corrected chi connectivity index (χ4v) is 1.33. The van der Waals surface area contributed by atoms with E-state index in [0.717, 1.165) is 0 Å². The van der Waals surface area contributed by atoms with Crippen LogP contribution in [0.1, 0.15) is 33.1 Å². The number of unbranched alkanes of at least 4 members (excludes halogenated alkanes) is 1. The molecule has 0 heterocycles. The minimum absolute atomic E-state index is 0.599. The van der Waals surface area contributed by atoms with Gasteiger partial charge in [-0.15, -0.1) is 0 Å². The van der Waals surface area contributed by atoms with E-state index in [1.807, 2.05) is 0 Å². The summed E-state index contributed by atoms with van der Waals surface area (Å²) in [6.07, 6.45) is 8.16. The lowest BCUT2D eigenvalue weighted by molar-refractivity contribution is 0.743. The van der Waals surface area contributed by atoms with E-state index in [2.05, 4.69) is 41.9 Å². The molecule has 0 saturated carbocycles. The topological polar surface area (TPSA) is 0 Å². The lowest BCUT2D eigenvalue weighted by Crippen LogP contribution is -1.90. The third kappa shape index (κ3) is 6.10. The van der Waals surface area contributed by atoms with Gasteiger partial charge in [0.25, 0.3) is 0 Å². The molecule has 0 aromatic heterocycles. The molecule has 0 fully saturated rings.